The van der Waals surface area contributed by atoms with Crippen molar-refractivity contribution in [1.29, 1.82) is 0 Å². The van der Waals surface area contributed by atoms with E-state index in [1.807, 2.05) is 24.4 Å². The molecule has 0 radical (unpaired) electrons. The second kappa shape index (κ2) is 5.85. The third-order valence-electron chi connectivity index (χ3n) is 3.29. The lowest BCUT2D eigenvalue weighted by molar-refractivity contribution is 0.415. The first-order chi connectivity index (χ1) is 9.44. The average Bonchev–Trinajstić information content (AvgIpc) is 2.81. The third-order valence-corrected chi connectivity index (χ3v) is 5.14. The fourth-order valence-corrected chi connectivity index (χ4v) is 2.71. The summed E-state index contributed by atoms with van der Waals surface area (Å²) in [6.45, 7) is 3.72. The Hall–Kier alpha value is -1.53. The van der Waals surface area contributed by atoms with Gasteiger partial charge in [0.15, 0.2) is 0 Å². The van der Waals surface area contributed by atoms with Gasteiger partial charge in [0.1, 0.15) is 5.75 Å². The standard InChI is InChI=1S/C14H20N2O3S/c1-10(2)20(17,18)16-7-6-11-9-15-14-5-4-12(19-3)8-13(11)14/h4-5,8-10,15-16H,6-7H2,1-3H3. The normalized spacial score (nSPS) is 12.2. The number of nitrogens with one attached hydrogen (secondary N) is 2. The van der Waals surface area contributed by atoms with Crippen molar-refractivity contribution in [2.24, 2.45) is 0 Å². The van der Waals surface area contributed by atoms with Crippen LogP contribution >= 0.6 is 0 Å². The van der Waals surface area contributed by atoms with Crippen LogP contribution in [0.2, 0.25) is 0 Å². The Morgan fingerprint density at radius 2 is 2.10 bits per heavy atom. The Morgan fingerprint density at radius 3 is 2.75 bits per heavy atom. The zero-order valence-corrected chi connectivity index (χ0v) is 12.8. The first kappa shape index (κ1) is 14.9. The van der Waals surface area contributed by atoms with E-state index < -0.39 is 15.3 Å². The van der Waals surface area contributed by atoms with Crippen LogP contribution in [0.25, 0.3) is 10.9 Å². The van der Waals surface area contributed by atoms with E-state index in [0.29, 0.717) is 13.0 Å². The minimum Gasteiger partial charge on any atom is -0.497 e. The Morgan fingerprint density at radius 1 is 1.35 bits per heavy atom. The quantitative estimate of drug-likeness (QED) is 0.857. The smallest absolute Gasteiger partial charge is 0.213 e. The third kappa shape index (κ3) is 3.13. The molecular formula is C14H20N2O3S. The van der Waals surface area contributed by atoms with Gasteiger partial charge in [-0.25, -0.2) is 13.1 Å². The number of ether oxygens (including phenoxy) is 1. The number of sulfonamides is 1. The summed E-state index contributed by atoms with van der Waals surface area (Å²) in [4.78, 5) is 3.18. The number of aromatic amines is 1. The van der Waals surface area contributed by atoms with Crippen molar-refractivity contribution in [3.63, 3.8) is 0 Å². The number of fused-ring (bicyclic) bond motifs is 1. The number of H-pyrrole nitrogens is 1. The Balaban J connectivity index is 2.11. The van der Waals surface area contributed by atoms with E-state index in [2.05, 4.69) is 9.71 Å². The van der Waals surface area contributed by atoms with Gasteiger partial charge in [0.2, 0.25) is 10.0 Å². The van der Waals surface area contributed by atoms with Gasteiger partial charge in [0.25, 0.3) is 0 Å². The Kier molecular flexibility index (Phi) is 4.35. The zero-order chi connectivity index (χ0) is 14.8. The highest BCUT2D eigenvalue weighted by Gasteiger charge is 2.15. The summed E-state index contributed by atoms with van der Waals surface area (Å²) >= 11 is 0. The molecule has 2 N–H and O–H groups in total. The predicted molar refractivity (Wildman–Crippen MR) is 80.6 cm³/mol. The molecule has 0 saturated heterocycles. The van der Waals surface area contributed by atoms with Gasteiger partial charge in [0.05, 0.1) is 12.4 Å². The maximum Gasteiger partial charge on any atom is 0.213 e. The lowest BCUT2D eigenvalue weighted by Crippen LogP contribution is -2.32. The van der Waals surface area contributed by atoms with Gasteiger partial charge in [0, 0.05) is 23.6 Å². The molecule has 1 heterocycles. The van der Waals surface area contributed by atoms with Crippen molar-refractivity contribution in [2.45, 2.75) is 25.5 Å². The van der Waals surface area contributed by atoms with Gasteiger partial charge in [-0.15, -0.1) is 0 Å². The van der Waals surface area contributed by atoms with Gasteiger partial charge < -0.3 is 9.72 Å². The van der Waals surface area contributed by atoms with Crippen LogP contribution < -0.4 is 9.46 Å². The molecule has 6 heteroatoms. The molecule has 0 amide bonds. The molecular weight excluding hydrogens is 276 g/mol. The van der Waals surface area contributed by atoms with E-state index >= 15 is 0 Å². The largest absolute Gasteiger partial charge is 0.497 e. The second-order valence-electron chi connectivity index (χ2n) is 4.96. The molecule has 0 aliphatic heterocycles. The summed E-state index contributed by atoms with van der Waals surface area (Å²) < 4.78 is 31.2. The van der Waals surface area contributed by atoms with Gasteiger partial charge in [-0.2, -0.15) is 0 Å². The van der Waals surface area contributed by atoms with E-state index in [1.54, 1.807) is 21.0 Å². The van der Waals surface area contributed by atoms with Crippen molar-refractivity contribution in [2.75, 3.05) is 13.7 Å². The topological polar surface area (TPSA) is 71.2 Å². The zero-order valence-electron chi connectivity index (χ0n) is 11.9. The number of hydrogen-bond acceptors (Lipinski definition) is 3. The van der Waals surface area contributed by atoms with E-state index in [0.717, 1.165) is 22.2 Å². The van der Waals surface area contributed by atoms with Crippen LogP contribution in [0.3, 0.4) is 0 Å². The molecule has 1 aromatic heterocycles. The summed E-state index contributed by atoms with van der Waals surface area (Å²) in [5.41, 5.74) is 2.10. The van der Waals surface area contributed by atoms with Crippen LogP contribution in [0.4, 0.5) is 0 Å². The molecule has 0 bridgehead atoms. The summed E-state index contributed by atoms with van der Waals surface area (Å²) in [6, 6.07) is 5.80. The lowest BCUT2D eigenvalue weighted by Gasteiger charge is -2.09. The van der Waals surface area contributed by atoms with E-state index in [9.17, 15) is 8.42 Å². The summed E-state index contributed by atoms with van der Waals surface area (Å²) in [5.74, 6) is 0.793. The van der Waals surface area contributed by atoms with Crippen molar-refractivity contribution in [3.05, 3.63) is 30.0 Å². The number of hydrogen-bond donors (Lipinski definition) is 2. The lowest BCUT2D eigenvalue weighted by atomic mass is 10.1. The summed E-state index contributed by atoms with van der Waals surface area (Å²) in [5, 5.41) is 0.652. The van der Waals surface area contributed by atoms with E-state index in [-0.39, 0.29) is 0 Å². The van der Waals surface area contributed by atoms with Crippen molar-refractivity contribution in [3.8, 4) is 5.75 Å². The molecule has 0 atom stereocenters. The number of aromatic nitrogens is 1. The summed E-state index contributed by atoms with van der Waals surface area (Å²) in [6.07, 6.45) is 2.55. The van der Waals surface area contributed by atoms with Crippen molar-refractivity contribution in [1.82, 2.24) is 9.71 Å². The Labute approximate surface area is 119 Å². The Bertz CT molecular complexity index is 690. The molecule has 5 nitrogen and oxygen atoms in total. The molecule has 20 heavy (non-hydrogen) atoms. The average molecular weight is 296 g/mol. The molecule has 0 fully saturated rings. The predicted octanol–water partition coefficient (Wildman–Crippen LogP) is 2.05. The molecule has 0 aliphatic rings. The first-order valence-corrected chi connectivity index (χ1v) is 8.11. The monoisotopic (exact) mass is 296 g/mol. The van der Waals surface area contributed by atoms with Gasteiger partial charge in [-0.1, -0.05) is 0 Å². The molecule has 0 saturated carbocycles. The minimum absolute atomic E-state index is 0.394. The number of methoxy groups -OCH3 is 1. The maximum absolute atomic E-state index is 11.7. The molecule has 110 valence electrons. The fraction of sp³-hybridized carbons (Fsp3) is 0.429. The SMILES string of the molecule is COc1ccc2[nH]cc(CCNS(=O)(=O)C(C)C)c2c1. The van der Waals surface area contributed by atoms with Gasteiger partial charge in [-0.3, -0.25) is 0 Å². The van der Waals surface area contributed by atoms with Gasteiger partial charge in [-0.05, 0) is 44.0 Å². The van der Waals surface area contributed by atoms with Crippen LogP contribution in [0.5, 0.6) is 5.75 Å². The molecule has 0 spiro atoms. The van der Waals surface area contributed by atoms with Crippen molar-refractivity contribution < 1.29 is 13.2 Å². The van der Waals surface area contributed by atoms with Crippen LogP contribution in [-0.4, -0.2) is 32.3 Å². The van der Waals surface area contributed by atoms with Gasteiger partial charge >= 0.3 is 0 Å². The number of rotatable bonds is 6. The van der Waals surface area contributed by atoms with E-state index in [4.69, 9.17) is 4.74 Å². The van der Waals surface area contributed by atoms with Crippen LogP contribution in [0.1, 0.15) is 19.4 Å². The van der Waals surface area contributed by atoms with Crippen LogP contribution in [-0.2, 0) is 16.4 Å². The summed E-state index contributed by atoms with van der Waals surface area (Å²) in [7, 11) is -1.57. The van der Waals surface area contributed by atoms with Crippen LogP contribution in [0, 0.1) is 0 Å². The highest BCUT2D eigenvalue weighted by Crippen LogP contribution is 2.23. The van der Waals surface area contributed by atoms with E-state index in [1.165, 1.54) is 0 Å². The highest BCUT2D eigenvalue weighted by atomic mass is 32.2. The molecule has 2 rings (SSSR count). The number of benzene rings is 1. The molecule has 2 aromatic rings. The maximum atomic E-state index is 11.7. The van der Waals surface area contributed by atoms with Crippen LogP contribution in [0.15, 0.2) is 24.4 Å². The molecule has 0 unspecified atom stereocenters. The first-order valence-electron chi connectivity index (χ1n) is 6.56. The highest BCUT2D eigenvalue weighted by molar-refractivity contribution is 7.90. The minimum atomic E-state index is -3.20. The molecule has 1 aromatic carbocycles. The fourth-order valence-electron chi connectivity index (χ4n) is 1.99. The van der Waals surface area contributed by atoms with Crippen molar-refractivity contribution >= 4 is 20.9 Å². The molecule has 0 aliphatic carbocycles. The second-order valence-corrected chi connectivity index (χ2v) is 7.29.